The average Bonchev–Trinajstić information content (AvgIpc) is 2.53. The van der Waals surface area contributed by atoms with Crippen molar-refractivity contribution in [2.75, 3.05) is 0 Å². The van der Waals surface area contributed by atoms with Crippen LogP contribution in [0.5, 0.6) is 5.75 Å². The van der Waals surface area contributed by atoms with Gasteiger partial charge in [-0.25, -0.2) is 4.39 Å². The van der Waals surface area contributed by atoms with Gasteiger partial charge in [0.15, 0.2) is 0 Å². The smallest absolute Gasteiger partial charge is 0.223 e. The third-order valence-corrected chi connectivity index (χ3v) is 4.32. The average molecular weight is 343 g/mol. The van der Waals surface area contributed by atoms with E-state index in [9.17, 15) is 14.3 Å². The Hall–Kier alpha value is -2.40. The van der Waals surface area contributed by atoms with E-state index in [1.54, 1.807) is 6.07 Å². The van der Waals surface area contributed by atoms with Crippen molar-refractivity contribution in [2.24, 2.45) is 0 Å². The monoisotopic (exact) mass is 343 g/mol. The van der Waals surface area contributed by atoms with Crippen LogP contribution in [0.15, 0.2) is 48.5 Å². The van der Waals surface area contributed by atoms with E-state index in [0.29, 0.717) is 12.0 Å². The third kappa shape index (κ3) is 4.17. The lowest BCUT2D eigenvalue weighted by molar-refractivity contribution is -0.124. The molecule has 132 valence electrons. The van der Waals surface area contributed by atoms with Crippen LogP contribution in [0.3, 0.4) is 0 Å². The number of carbonyl (C=O) groups is 1. The largest absolute Gasteiger partial charge is 0.487 e. The molecule has 0 saturated heterocycles. The number of amides is 1. The van der Waals surface area contributed by atoms with Crippen LogP contribution < -0.4 is 10.1 Å². The summed E-state index contributed by atoms with van der Waals surface area (Å²) in [5, 5.41) is 13.2. The molecule has 2 atom stereocenters. The molecule has 0 radical (unpaired) electrons. The van der Waals surface area contributed by atoms with E-state index >= 15 is 0 Å². The van der Waals surface area contributed by atoms with Crippen LogP contribution in [0.25, 0.3) is 0 Å². The number of hydrogen-bond donors (Lipinski definition) is 2. The fraction of sp³-hybridized carbons (Fsp3) is 0.350. The van der Waals surface area contributed by atoms with Crippen LogP contribution in [0.4, 0.5) is 4.39 Å². The number of hydrogen-bond acceptors (Lipinski definition) is 3. The summed E-state index contributed by atoms with van der Waals surface area (Å²) in [6, 6.07) is 13.1. The Labute approximate surface area is 146 Å². The molecule has 2 aromatic carbocycles. The van der Waals surface area contributed by atoms with Gasteiger partial charge in [-0.1, -0.05) is 30.3 Å². The number of rotatable bonds is 4. The summed E-state index contributed by atoms with van der Waals surface area (Å²) in [5.74, 6) is 0.0426. The molecular formula is C20H22FNO3. The summed E-state index contributed by atoms with van der Waals surface area (Å²) < 4.78 is 19.2. The van der Waals surface area contributed by atoms with Crippen molar-refractivity contribution in [3.8, 4) is 5.75 Å². The molecule has 1 amide bonds. The van der Waals surface area contributed by atoms with Gasteiger partial charge in [0.2, 0.25) is 5.91 Å². The molecule has 1 heterocycles. The van der Waals surface area contributed by atoms with E-state index in [1.807, 2.05) is 38.1 Å². The first-order valence-electron chi connectivity index (χ1n) is 8.35. The lowest BCUT2D eigenvalue weighted by atomic mass is 9.89. The molecule has 5 heteroatoms. The number of fused-ring (bicyclic) bond motifs is 1. The summed E-state index contributed by atoms with van der Waals surface area (Å²) in [6.07, 6.45) is -0.534. The minimum atomic E-state index is -1.04. The molecule has 0 aromatic heterocycles. The molecule has 3 rings (SSSR count). The van der Waals surface area contributed by atoms with Crippen LogP contribution >= 0.6 is 0 Å². The molecule has 0 spiro atoms. The zero-order chi connectivity index (χ0) is 18.0. The zero-order valence-corrected chi connectivity index (χ0v) is 14.3. The molecule has 2 N–H and O–H groups in total. The number of aliphatic hydroxyl groups excluding tert-OH is 1. The lowest BCUT2D eigenvalue weighted by Crippen LogP contribution is -2.41. The van der Waals surface area contributed by atoms with Crippen molar-refractivity contribution in [3.05, 3.63) is 65.5 Å². The van der Waals surface area contributed by atoms with E-state index in [2.05, 4.69) is 5.32 Å². The molecule has 1 aliphatic rings. The second-order valence-electron chi connectivity index (χ2n) is 7.00. The molecule has 25 heavy (non-hydrogen) atoms. The van der Waals surface area contributed by atoms with Crippen molar-refractivity contribution in [1.82, 2.24) is 5.32 Å². The topological polar surface area (TPSA) is 58.6 Å². The Morgan fingerprint density at radius 1 is 1.32 bits per heavy atom. The van der Waals surface area contributed by atoms with Gasteiger partial charge in [0.25, 0.3) is 0 Å². The highest BCUT2D eigenvalue weighted by molar-refractivity contribution is 5.77. The predicted octanol–water partition coefficient (Wildman–Crippen LogP) is 3.67. The Balaban J connectivity index is 1.70. The molecule has 0 fully saturated rings. The maximum atomic E-state index is 13.3. The Morgan fingerprint density at radius 3 is 2.84 bits per heavy atom. The second kappa shape index (κ2) is 6.84. The second-order valence-corrected chi connectivity index (χ2v) is 7.00. The van der Waals surface area contributed by atoms with Crippen molar-refractivity contribution < 1.29 is 19.0 Å². The fourth-order valence-electron chi connectivity index (χ4n) is 3.19. The zero-order valence-electron chi connectivity index (χ0n) is 14.3. The highest BCUT2D eigenvalue weighted by Gasteiger charge is 2.34. The minimum Gasteiger partial charge on any atom is -0.487 e. The number of nitrogens with one attached hydrogen (secondary N) is 1. The summed E-state index contributed by atoms with van der Waals surface area (Å²) in [4.78, 5) is 12.4. The van der Waals surface area contributed by atoms with E-state index in [4.69, 9.17) is 4.74 Å². The highest BCUT2D eigenvalue weighted by Crippen LogP contribution is 2.39. The van der Waals surface area contributed by atoms with E-state index in [1.165, 1.54) is 18.2 Å². The Bertz CT molecular complexity index is 775. The molecule has 0 aliphatic carbocycles. The summed E-state index contributed by atoms with van der Waals surface area (Å²) in [7, 11) is 0. The van der Waals surface area contributed by atoms with Crippen LogP contribution in [0, 0.1) is 5.82 Å². The molecule has 0 saturated carbocycles. The van der Waals surface area contributed by atoms with Gasteiger partial charge in [-0.05, 0) is 37.6 Å². The maximum absolute atomic E-state index is 13.3. The van der Waals surface area contributed by atoms with Gasteiger partial charge >= 0.3 is 0 Å². The molecule has 2 aromatic rings. The lowest BCUT2D eigenvalue weighted by Gasteiger charge is -2.38. The molecule has 4 nitrogen and oxygen atoms in total. The molecular weight excluding hydrogens is 321 g/mol. The SMILES string of the molecule is CC1(C)CC(NC(=O)CC(O)c2cccc(F)c2)c2ccccc2O1. The number of aliphatic hydroxyl groups is 1. The summed E-state index contributed by atoms with van der Waals surface area (Å²) >= 11 is 0. The number of benzene rings is 2. The number of carbonyl (C=O) groups excluding carboxylic acids is 1. The van der Waals surface area contributed by atoms with Gasteiger partial charge in [-0.3, -0.25) is 4.79 Å². The maximum Gasteiger partial charge on any atom is 0.223 e. The fourth-order valence-corrected chi connectivity index (χ4v) is 3.19. The molecule has 2 unspecified atom stereocenters. The first-order valence-corrected chi connectivity index (χ1v) is 8.35. The molecule has 0 bridgehead atoms. The van der Waals surface area contributed by atoms with Crippen LogP contribution in [-0.2, 0) is 4.79 Å². The van der Waals surface area contributed by atoms with Gasteiger partial charge in [-0.15, -0.1) is 0 Å². The van der Waals surface area contributed by atoms with Crippen molar-refractivity contribution >= 4 is 5.91 Å². The van der Waals surface area contributed by atoms with Crippen molar-refractivity contribution in [2.45, 2.75) is 44.4 Å². The van der Waals surface area contributed by atoms with Crippen LogP contribution in [0.1, 0.15) is 50.0 Å². The Kier molecular flexibility index (Phi) is 4.77. The standard InChI is InChI=1S/C20H22FNO3/c1-20(2)12-16(15-8-3-4-9-18(15)25-20)22-19(24)11-17(23)13-6-5-7-14(21)10-13/h3-10,16-17,23H,11-12H2,1-2H3,(H,22,24). The quantitative estimate of drug-likeness (QED) is 0.890. The predicted molar refractivity (Wildman–Crippen MR) is 92.6 cm³/mol. The highest BCUT2D eigenvalue weighted by atomic mass is 19.1. The first kappa shape index (κ1) is 17.4. The van der Waals surface area contributed by atoms with E-state index in [-0.39, 0.29) is 18.4 Å². The van der Waals surface area contributed by atoms with Gasteiger partial charge in [-0.2, -0.15) is 0 Å². The number of ether oxygens (including phenoxy) is 1. The normalized spacial score (nSPS) is 19.4. The van der Waals surface area contributed by atoms with Crippen LogP contribution in [-0.4, -0.2) is 16.6 Å². The number of halogens is 1. The van der Waals surface area contributed by atoms with Crippen molar-refractivity contribution in [1.29, 1.82) is 0 Å². The Morgan fingerprint density at radius 2 is 2.08 bits per heavy atom. The third-order valence-electron chi connectivity index (χ3n) is 4.32. The summed E-state index contributed by atoms with van der Waals surface area (Å²) in [5.41, 5.74) is 0.922. The van der Waals surface area contributed by atoms with Crippen molar-refractivity contribution in [3.63, 3.8) is 0 Å². The summed E-state index contributed by atoms with van der Waals surface area (Å²) in [6.45, 7) is 3.95. The minimum absolute atomic E-state index is 0.122. The van der Waals surface area contributed by atoms with E-state index < -0.39 is 17.5 Å². The first-order chi connectivity index (χ1) is 11.8. The van der Waals surface area contributed by atoms with Gasteiger partial charge in [0.1, 0.15) is 17.2 Å². The number of para-hydroxylation sites is 1. The van der Waals surface area contributed by atoms with Crippen LogP contribution in [0.2, 0.25) is 0 Å². The van der Waals surface area contributed by atoms with Gasteiger partial charge in [0, 0.05) is 12.0 Å². The van der Waals surface area contributed by atoms with Gasteiger partial charge < -0.3 is 15.2 Å². The molecule has 1 aliphatic heterocycles. The van der Waals surface area contributed by atoms with E-state index in [0.717, 1.165) is 11.3 Å². The van der Waals surface area contributed by atoms with Gasteiger partial charge in [0.05, 0.1) is 18.6 Å².